The van der Waals surface area contributed by atoms with E-state index in [0.717, 1.165) is 24.4 Å². The molecule has 0 bridgehead atoms. The maximum Gasteiger partial charge on any atom is 0.263 e. The number of benzene rings is 1. The fourth-order valence-electron chi connectivity index (χ4n) is 1.65. The Bertz CT molecular complexity index is 834. The zero-order valence-corrected chi connectivity index (χ0v) is 11.8. The Hall–Kier alpha value is -2.75. The number of rotatable bonds is 4. The van der Waals surface area contributed by atoms with E-state index in [9.17, 15) is 17.2 Å². The summed E-state index contributed by atoms with van der Waals surface area (Å²) in [6.45, 7) is 0. The fourth-order valence-corrected chi connectivity index (χ4v) is 2.66. The van der Waals surface area contributed by atoms with Crippen LogP contribution in [0.15, 0.2) is 35.4 Å². The van der Waals surface area contributed by atoms with Gasteiger partial charge in [-0.3, -0.25) is 10.1 Å². The van der Waals surface area contributed by atoms with Gasteiger partial charge in [0.25, 0.3) is 10.0 Å². The molecule has 2 rings (SSSR count). The minimum absolute atomic E-state index is 0.0618. The lowest BCUT2D eigenvalue weighted by atomic mass is 10.2. The summed E-state index contributed by atoms with van der Waals surface area (Å²) in [5.74, 6) is -2.43. The van der Waals surface area contributed by atoms with E-state index in [1.54, 1.807) is 0 Å². The summed E-state index contributed by atoms with van der Waals surface area (Å²) < 4.78 is 52.5. The van der Waals surface area contributed by atoms with E-state index < -0.39 is 27.5 Å². The number of nitrogen functional groups attached to an aromatic ring is 2. The third-order valence-electron chi connectivity index (χ3n) is 2.61. The zero-order chi connectivity index (χ0) is 16.5. The number of nitrogens with zero attached hydrogens (tertiary/aromatic N) is 1. The van der Waals surface area contributed by atoms with Gasteiger partial charge in [-0.15, -0.1) is 0 Å². The molecule has 0 aliphatic rings. The highest BCUT2D eigenvalue weighted by Gasteiger charge is 2.18. The highest BCUT2D eigenvalue weighted by molar-refractivity contribution is 7.92. The molecule has 10 heteroatoms. The Morgan fingerprint density at radius 3 is 2.32 bits per heavy atom. The average Bonchev–Trinajstić information content (AvgIpc) is 2.36. The summed E-state index contributed by atoms with van der Waals surface area (Å²) in [5.41, 5.74) is 10.4. The number of halogens is 2. The highest BCUT2D eigenvalue weighted by atomic mass is 32.2. The lowest BCUT2D eigenvalue weighted by molar-refractivity contribution is 0.584. The third kappa shape index (κ3) is 3.28. The number of aromatic nitrogens is 1. The van der Waals surface area contributed by atoms with Gasteiger partial charge in [0.2, 0.25) is 0 Å². The van der Waals surface area contributed by atoms with Gasteiger partial charge in [-0.25, -0.2) is 22.2 Å². The first kappa shape index (κ1) is 15.6. The molecule has 0 aliphatic heterocycles. The largest absolute Gasteiger partial charge is 0.384 e. The zero-order valence-electron chi connectivity index (χ0n) is 11.0. The van der Waals surface area contributed by atoms with Crippen molar-refractivity contribution in [2.75, 3.05) is 10.5 Å². The van der Waals surface area contributed by atoms with Gasteiger partial charge in [0, 0.05) is 12.3 Å². The first-order chi connectivity index (χ1) is 10.2. The maximum absolute atomic E-state index is 13.1. The van der Waals surface area contributed by atoms with Crippen LogP contribution in [0.1, 0.15) is 5.56 Å². The van der Waals surface area contributed by atoms with Crippen molar-refractivity contribution < 1.29 is 17.2 Å². The Morgan fingerprint density at radius 1 is 1.18 bits per heavy atom. The number of pyridine rings is 1. The van der Waals surface area contributed by atoms with Crippen molar-refractivity contribution in [3.63, 3.8) is 0 Å². The summed E-state index contributed by atoms with van der Waals surface area (Å²) in [7, 11) is -4.17. The molecule has 0 atom stereocenters. The molecule has 1 aromatic carbocycles. The van der Waals surface area contributed by atoms with E-state index in [1.165, 1.54) is 0 Å². The molecule has 0 fully saturated rings. The average molecular weight is 327 g/mol. The minimum atomic E-state index is -4.17. The number of nitrogens with one attached hydrogen (secondary N) is 2. The van der Waals surface area contributed by atoms with Gasteiger partial charge in [0.1, 0.15) is 28.2 Å². The molecule has 1 aromatic heterocycles. The number of hydrogen-bond donors (Lipinski definition) is 4. The predicted octanol–water partition coefficient (Wildman–Crippen LogP) is 1.03. The predicted molar refractivity (Wildman–Crippen MR) is 76.8 cm³/mol. The Morgan fingerprint density at radius 2 is 1.77 bits per heavy atom. The molecule has 0 spiro atoms. The second-order valence-electron chi connectivity index (χ2n) is 4.28. The van der Waals surface area contributed by atoms with Crippen molar-refractivity contribution in [3.8, 4) is 0 Å². The minimum Gasteiger partial charge on any atom is -0.384 e. The van der Waals surface area contributed by atoms with Gasteiger partial charge < -0.3 is 11.5 Å². The molecule has 0 unspecified atom stereocenters. The molecule has 0 saturated heterocycles. The summed E-state index contributed by atoms with van der Waals surface area (Å²) in [6.07, 6.45) is 0.944. The Balaban J connectivity index is 2.42. The number of hydrogen-bond acceptors (Lipinski definition) is 5. The van der Waals surface area contributed by atoms with E-state index in [0.29, 0.717) is 6.07 Å². The normalized spacial score (nSPS) is 11.2. The first-order valence-electron chi connectivity index (χ1n) is 5.78. The fraction of sp³-hybridized carbons (Fsp3) is 0. The van der Waals surface area contributed by atoms with Gasteiger partial charge in [-0.1, -0.05) is 0 Å². The van der Waals surface area contributed by atoms with Crippen molar-refractivity contribution in [3.05, 3.63) is 47.7 Å². The second-order valence-corrected chi connectivity index (χ2v) is 5.96. The molecule has 22 heavy (non-hydrogen) atoms. The van der Waals surface area contributed by atoms with Crippen LogP contribution in [0, 0.1) is 17.0 Å². The molecule has 0 saturated carbocycles. The first-order valence-corrected chi connectivity index (χ1v) is 7.26. The summed E-state index contributed by atoms with van der Waals surface area (Å²) in [5, 5.41) is 7.30. The van der Waals surface area contributed by atoms with Crippen LogP contribution in [-0.4, -0.2) is 19.2 Å². The summed E-state index contributed by atoms with van der Waals surface area (Å²) in [4.78, 5) is 3.28. The highest BCUT2D eigenvalue weighted by Crippen LogP contribution is 2.20. The SMILES string of the molecule is N=C(N)c1cc(S(=O)(=O)Nc2cc(F)cc(F)c2)cnc1N. The van der Waals surface area contributed by atoms with Gasteiger partial charge in [0.05, 0.1) is 11.3 Å². The van der Waals surface area contributed by atoms with Gasteiger partial charge in [0.15, 0.2) is 0 Å². The molecule has 0 amide bonds. The standard InChI is InChI=1S/C12H11F2N5O2S/c13-6-1-7(14)3-8(2-6)19-22(20,21)9-4-10(11(15)16)12(17)18-5-9/h1-5,19H,(H3,15,16)(H2,17,18). The number of sulfonamides is 1. The van der Waals surface area contributed by atoms with Crippen LogP contribution in [0.2, 0.25) is 0 Å². The van der Waals surface area contributed by atoms with Crippen LogP contribution in [0.5, 0.6) is 0 Å². The van der Waals surface area contributed by atoms with E-state index in [1.807, 2.05) is 4.72 Å². The molecule has 1 heterocycles. The van der Waals surface area contributed by atoms with Gasteiger partial charge in [-0.2, -0.15) is 0 Å². The van der Waals surface area contributed by atoms with Crippen LogP contribution < -0.4 is 16.2 Å². The Kier molecular flexibility index (Phi) is 3.95. The van der Waals surface area contributed by atoms with Crippen molar-refractivity contribution in [2.24, 2.45) is 5.73 Å². The molecule has 7 nitrogen and oxygen atoms in total. The number of amidine groups is 1. The molecular formula is C12H11F2N5O2S. The topological polar surface area (TPSA) is 135 Å². The lowest BCUT2D eigenvalue weighted by Gasteiger charge is -2.10. The van der Waals surface area contributed by atoms with Crippen molar-refractivity contribution >= 4 is 27.4 Å². The van der Waals surface area contributed by atoms with Crippen LogP contribution in [0.4, 0.5) is 20.3 Å². The third-order valence-corrected chi connectivity index (χ3v) is 3.96. The van der Waals surface area contributed by atoms with Gasteiger partial charge in [-0.05, 0) is 18.2 Å². The van der Waals surface area contributed by atoms with E-state index in [2.05, 4.69) is 4.98 Å². The monoisotopic (exact) mass is 327 g/mol. The van der Waals surface area contributed by atoms with Gasteiger partial charge >= 0.3 is 0 Å². The molecule has 116 valence electrons. The van der Waals surface area contributed by atoms with E-state index >= 15 is 0 Å². The number of anilines is 2. The Labute approximate surface area is 124 Å². The number of nitrogens with two attached hydrogens (primary N) is 2. The summed E-state index contributed by atoms with van der Waals surface area (Å²) in [6, 6.07) is 3.29. The van der Waals surface area contributed by atoms with Crippen LogP contribution in [0.25, 0.3) is 0 Å². The van der Waals surface area contributed by atoms with Crippen molar-refractivity contribution in [1.29, 1.82) is 5.41 Å². The van der Waals surface area contributed by atoms with Crippen molar-refractivity contribution in [1.82, 2.24) is 4.98 Å². The van der Waals surface area contributed by atoms with Crippen LogP contribution in [-0.2, 0) is 10.0 Å². The molecular weight excluding hydrogens is 316 g/mol. The molecule has 2 aromatic rings. The van der Waals surface area contributed by atoms with Crippen LogP contribution in [0.3, 0.4) is 0 Å². The molecule has 0 aliphatic carbocycles. The van der Waals surface area contributed by atoms with Crippen LogP contribution >= 0.6 is 0 Å². The smallest absolute Gasteiger partial charge is 0.263 e. The van der Waals surface area contributed by atoms with Crippen molar-refractivity contribution in [2.45, 2.75) is 4.90 Å². The second kappa shape index (κ2) is 5.56. The summed E-state index contributed by atoms with van der Waals surface area (Å²) >= 11 is 0. The lowest BCUT2D eigenvalue weighted by Crippen LogP contribution is -2.18. The van der Waals surface area contributed by atoms with E-state index in [-0.39, 0.29) is 22.0 Å². The quantitative estimate of drug-likeness (QED) is 0.491. The maximum atomic E-state index is 13.1. The molecule has 0 radical (unpaired) electrons. The molecule has 6 N–H and O–H groups in total. The van der Waals surface area contributed by atoms with E-state index in [4.69, 9.17) is 16.9 Å².